The maximum Gasteiger partial charge on any atom is 0.406 e. The summed E-state index contributed by atoms with van der Waals surface area (Å²) >= 11 is 2.99. The summed E-state index contributed by atoms with van der Waals surface area (Å²) in [5.74, 6) is -0.882. The Balaban J connectivity index is 3.15. The van der Waals surface area contributed by atoms with Crippen LogP contribution in [0.5, 0.6) is 0 Å². The number of benzene rings is 1. The molecule has 0 bridgehead atoms. The van der Waals surface area contributed by atoms with Gasteiger partial charge < -0.3 is 4.90 Å². The zero-order valence-electron chi connectivity index (χ0n) is 11.0. The number of hydrogen-bond donors (Lipinski definition) is 0. The minimum atomic E-state index is -4.54. The minimum absolute atomic E-state index is 0.0502. The van der Waals surface area contributed by atoms with Crippen molar-refractivity contribution in [2.75, 3.05) is 18.4 Å². The molecule has 1 amide bonds. The van der Waals surface area contributed by atoms with E-state index < -0.39 is 23.6 Å². The van der Waals surface area contributed by atoms with Crippen LogP contribution in [0.4, 0.5) is 18.9 Å². The number of nitro benzene ring substituents is 1. The second-order valence-corrected chi connectivity index (χ2v) is 5.03. The fourth-order valence-electron chi connectivity index (χ4n) is 1.79. The van der Waals surface area contributed by atoms with Crippen LogP contribution in [0, 0.1) is 17.0 Å². The van der Waals surface area contributed by atoms with Gasteiger partial charge in [0.2, 0.25) is 0 Å². The molecule has 0 radical (unpaired) electrons. The first-order chi connectivity index (χ1) is 9.67. The first-order valence-electron chi connectivity index (χ1n) is 5.83. The van der Waals surface area contributed by atoms with Crippen molar-refractivity contribution < 1.29 is 22.9 Å². The van der Waals surface area contributed by atoms with Crippen molar-refractivity contribution in [1.29, 1.82) is 0 Å². The number of carbonyl (C=O) groups is 1. The number of nitrogens with zero attached hydrogens (tertiary/aromatic N) is 2. The quantitative estimate of drug-likeness (QED) is 0.455. The normalized spacial score (nSPS) is 11.3. The van der Waals surface area contributed by atoms with E-state index in [0.717, 1.165) is 0 Å². The van der Waals surface area contributed by atoms with Crippen LogP contribution < -0.4 is 0 Å². The second kappa shape index (κ2) is 6.88. The summed E-state index contributed by atoms with van der Waals surface area (Å²) in [4.78, 5) is 22.9. The van der Waals surface area contributed by atoms with Gasteiger partial charge in [-0.1, -0.05) is 22.0 Å². The van der Waals surface area contributed by atoms with Crippen molar-refractivity contribution in [2.45, 2.75) is 13.1 Å². The molecule has 5 nitrogen and oxygen atoms in total. The maximum atomic E-state index is 12.5. The zero-order chi connectivity index (χ0) is 16.2. The Bertz CT molecular complexity index is 549. The molecule has 9 heteroatoms. The second-order valence-electron chi connectivity index (χ2n) is 4.24. The number of rotatable bonds is 5. The van der Waals surface area contributed by atoms with Crippen LogP contribution in [-0.2, 0) is 0 Å². The fourth-order valence-corrected chi connectivity index (χ4v) is 2.22. The smallest absolute Gasteiger partial charge is 0.329 e. The van der Waals surface area contributed by atoms with Crippen molar-refractivity contribution in [2.24, 2.45) is 0 Å². The molecule has 21 heavy (non-hydrogen) atoms. The molecule has 0 saturated carbocycles. The predicted molar refractivity (Wildman–Crippen MR) is 73.6 cm³/mol. The molecule has 116 valence electrons. The van der Waals surface area contributed by atoms with Gasteiger partial charge in [0.15, 0.2) is 0 Å². The van der Waals surface area contributed by atoms with Gasteiger partial charge in [-0.25, -0.2) is 0 Å². The van der Waals surface area contributed by atoms with Crippen LogP contribution in [0.2, 0.25) is 0 Å². The Labute approximate surface area is 127 Å². The number of hydrogen-bond acceptors (Lipinski definition) is 3. The van der Waals surface area contributed by atoms with Gasteiger partial charge in [0, 0.05) is 29.1 Å². The van der Waals surface area contributed by atoms with E-state index in [-0.39, 0.29) is 28.7 Å². The molecule has 0 heterocycles. The first kappa shape index (κ1) is 17.4. The van der Waals surface area contributed by atoms with E-state index in [9.17, 15) is 28.1 Å². The highest BCUT2D eigenvalue weighted by Gasteiger charge is 2.34. The molecule has 0 aliphatic carbocycles. The van der Waals surface area contributed by atoms with Crippen molar-refractivity contribution >= 4 is 27.5 Å². The van der Waals surface area contributed by atoms with Gasteiger partial charge in [-0.3, -0.25) is 14.9 Å². The molecular weight excluding hydrogens is 357 g/mol. The molecule has 0 aliphatic rings. The molecule has 0 fully saturated rings. The molecule has 0 N–H and O–H groups in total. The van der Waals surface area contributed by atoms with Gasteiger partial charge in [0.05, 0.1) is 4.92 Å². The number of nitro groups is 1. The summed E-state index contributed by atoms with van der Waals surface area (Å²) in [6.07, 6.45) is -4.54. The lowest BCUT2D eigenvalue weighted by molar-refractivity contribution is -0.385. The molecule has 0 unspecified atom stereocenters. The number of amides is 1. The number of carbonyl (C=O) groups excluding carboxylic acids is 1. The standard InChI is InChI=1S/C12H12BrF3N2O3/c1-8-9(3-2-4-10(8)18(20)21)11(19)17(6-5-13)7-12(14,15)16/h2-4H,5-7H2,1H3. The van der Waals surface area contributed by atoms with E-state index in [1.165, 1.54) is 25.1 Å². The third kappa shape index (κ3) is 4.69. The monoisotopic (exact) mass is 368 g/mol. The highest BCUT2D eigenvalue weighted by molar-refractivity contribution is 9.09. The highest BCUT2D eigenvalue weighted by atomic mass is 79.9. The summed E-state index contributed by atoms with van der Waals surface area (Å²) in [5, 5.41) is 11.0. The molecule has 0 atom stereocenters. The third-order valence-electron chi connectivity index (χ3n) is 2.74. The minimum Gasteiger partial charge on any atom is -0.329 e. The Morgan fingerprint density at radius 3 is 2.52 bits per heavy atom. The van der Waals surface area contributed by atoms with E-state index in [0.29, 0.717) is 4.90 Å². The summed E-state index contributed by atoms with van der Waals surface area (Å²) in [7, 11) is 0. The molecule has 1 rings (SSSR count). The van der Waals surface area contributed by atoms with Crippen molar-refractivity contribution in [3.63, 3.8) is 0 Å². The average molecular weight is 369 g/mol. The van der Waals surface area contributed by atoms with Crippen LogP contribution >= 0.6 is 15.9 Å². The average Bonchev–Trinajstić information content (AvgIpc) is 2.36. The van der Waals surface area contributed by atoms with Crippen LogP contribution in [-0.4, -0.2) is 40.3 Å². The Morgan fingerprint density at radius 1 is 1.43 bits per heavy atom. The van der Waals surface area contributed by atoms with E-state index in [2.05, 4.69) is 15.9 Å². The molecule has 0 aromatic heterocycles. The summed E-state index contributed by atoms with van der Waals surface area (Å²) in [6.45, 7) is -0.217. The molecule has 0 saturated heterocycles. The topological polar surface area (TPSA) is 63.5 Å². The fraction of sp³-hybridized carbons (Fsp3) is 0.417. The lowest BCUT2D eigenvalue weighted by atomic mass is 10.1. The number of alkyl halides is 4. The van der Waals surface area contributed by atoms with Crippen molar-refractivity contribution in [3.8, 4) is 0 Å². The zero-order valence-corrected chi connectivity index (χ0v) is 12.6. The van der Waals surface area contributed by atoms with Crippen molar-refractivity contribution in [1.82, 2.24) is 4.90 Å². The first-order valence-corrected chi connectivity index (χ1v) is 6.95. The highest BCUT2D eigenvalue weighted by Crippen LogP contribution is 2.24. The van der Waals surface area contributed by atoms with E-state index in [1.807, 2.05) is 0 Å². The SMILES string of the molecule is Cc1c(C(=O)N(CCBr)CC(F)(F)F)cccc1[N+](=O)[O-]. The van der Waals surface area contributed by atoms with Gasteiger partial charge in [-0.15, -0.1) is 0 Å². The molecule has 0 aliphatic heterocycles. The van der Waals surface area contributed by atoms with Gasteiger partial charge in [-0.05, 0) is 13.0 Å². The van der Waals surface area contributed by atoms with Gasteiger partial charge >= 0.3 is 6.18 Å². The van der Waals surface area contributed by atoms with Gasteiger partial charge in [0.1, 0.15) is 6.54 Å². The van der Waals surface area contributed by atoms with Crippen LogP contribution in [0.25, 0.3) is 0 Å². The summed E-state index contributed by atoms with van der Waals surface area (Å²) in [5.41, 5.74) is -0.352. The predicted octanol–water partition coefficient (Wildman–Crippen LogP) is 3.30. The Morgan fingerprint density at radius 2 is 2.05 bits per heavy atom. The van der Waals surface area contributed by atoms with Gasteiger partial charge in [-0.2, -0.15) is 13.2 Å². The third-order valence-corrected chi connectivity index (χ3v) is 3.10. The summed E-state index contributed by atoms with van der Waals surface area (Å²) < 4.78 is 37.5. The maximum absolute atomic E-state index is 12.5. The summed E-state index contributed by atoms with van der Waals surface area (Å²) in [6, 6.07) is 3.76. The lowest BCUT2D eigenvalue weighted by Gasteiger charge is -2.23. The van der Waals surface area contributed by atoms with Gasteiger partial charge in [0.25, 0.3) is 11.6 Å². The Kier molecular flexibility index (Phi) is 5.70. The van der Waals surface area contributed by atoms with Crippen LogP contribution in [0.15, 0.2) is 18.2 Å². The van der Waals surface area contributed by atoms with Crippen molar-refractivity contribution in [3.05, 3.63) is 39.4 Å². The van der Waals surface area contributed by atoms with Crippen LogP contribution in [0.1, 0.15) is 15.9 Å². The van der Waals surface area contributed by atoms with E-state index in [4.69, 9.17) is 0 Å². The molecule has 0 spiro atoms. The Hall–Kier alpha value is -1.64. The molecule has 1 aromatic rings. The van der Waals surface area contributed by atoms with E-state index >= 15 is 0 Å². The number of halogens is 4. The van der Waals surface area contributed by atoms with E-state index in [1.54, 1.807) is 0 Å². The largest absolute Gasteiger partial charge is 0.406 e. The molecular formula is C12H12BrF3N2O3. The van der Waals surface area contributed by atoms with Crippen LogP contribution in [0.3, 0.4) is 0 Å². The lowest BCUT2D eigenvalue weighted by Crippen LogP contribution is -2.40. The molecule has 1 aromatic carbocycles.